The first-order valence-electron chi connectivity index (χ1n) is 6.93. The number of aryl methyl sites for hydroxylation is 1. The number of nitrogens with one attached hydrogen (secondary N) is 1. The van der Waals surface area contributed by atoms with E-state index in [0.717, 1.165) is 6.54 Å². The lowest BCUT2D eigenvalue weighted by Crippen LogP contribution is -2.22. The molecule has 1 N–H and O–H groups in total. The molecule has 2 aromatic heterocycles. The fourth-order valence-corrected chi connectivity index (χ4v) is 6.49. The summed E-state index contributed by atoms with van der Waals surface area (Å²) >= 11 is 9.54. The Balaban J connectivity index is 1.92. The molecule has 0 amide bonds. The minimum Gasteiger partial charge on any atom is -0.306 e. The van der Waals surface area contributed by atoms with E-state index in [0.29, 0.717) is 6.04 Å². The Morgan fingerprint density at radius 1 is 1.40 bits per heavy atom. The summed E-state index contributed by atoms with van der Waals surface area (Å²) in [5.41, 5.74) is 2.95. The van der Waals surface area contributed by atoms with Crippen LogP contribution >= 0.6 is 50.4 Å². The highest BCUT2D eigenvalue weighted by Crippen LogP contribution is 2.39. The zero-order valence-electron chi connectivity index (χ0n) is 11.4. The van der Waals surface area contributed by atoms with Gasteiger partial charge >= 0.3 is 0 Å². The van der Waals surface area contributed by atoms with Crippen molar-refractivity contribution in [1.29, 1.82) is 0 Å². The number of thioether (sulfide) groups is 1. The molecule has 0 aliphatic carbocycles. The van der Waals surface area contributed by atoms with Crippen LogP contribution in [-0.4, -0.2) is 12.3 Å². The van der Waals surface area contributed by atoms with Crippen molar-refractivity contribution in [3.8, 4) is 0 Å². The van der Waals surface area contributed by atoms with E-state index in [2.05, 4.69) is 56.8 Å². The summed E-state index contributed by atoms with van der Waals surface area (Å²) in [5, 5.41) is 8.17. The van der Waals surface area contributed by atoms with Crippen LogP contribution in [0.2, 0.25) is 0 Å². The molecule has 0 spiro atoms. The Kier molecular flexibility index (Phi) is 5.26. The molecule has 1 nitrogen and oxygen atoms in total. The summed E-state index contributed by atoms with van der Waals surface area (Å²) in [7, 11) is 0. The summed E-state index contributed by atoms with van der Waals surface area (Å²) in [6.07, 6.45) is 2.41. The van der Waals surface area contributed by atoms with Crippen molar-refractivity contribution in [2.24, 2.45) is 0 Å². The van der Waals surface area contributed by atoms with Crippen LogP contribution < -0.4 is 5.32 Å². The first-order valence-corrected chi connectivity index (χ1v) is 10.6. The highest BCUT2D eigenvalue weighted by atomic mass is 79.9. The molecule has 108 valence electrons. The maximum absolute atomic E-state index is 3.72. The zero-order valence-corrected chi connectivity index (χ0v) is 15.5. The molecule has 1 atom stereocenters. The van der Waals surface area contributed by atoms with Gasteiger partial charge in [-0.3, -0.25) is 0 Å². The Morgan fingerprint density at radius 3 is 3.00 bits per heavy atom. The number of thiophene rings is 2. The van der Waals surface area contributed by atoms with Crippen LogP contribution in [0.4, 0.5) is 0 Å². The van der Waals surface area contributed by atoms with Gasteiger partial charge in [-0.05, 0) is 63.6 Å². The van der Waals surface area contributed by atoms with E-state index in [-0.39, 0.29) is 0 Å². The fraction of sp³-hybridized carbons (Fsp3) is 0.467. The Labute approximate surface area is 141 Å². The van der Waals surface area contributed by atoms with Gasteiger partial charge in [0, 0.05) is 25.4 Å². The average molecular weight is 388 g/mol. The van der Waals surface area contributed by atoms with Gasteiger partial charge in [-0.2, -0.15) is 23.1 Å². The molecule has 3 heterocycles. The van der Waals surface area contributed by atoms with Crippen LogP contribution in [0.5, 0.6) is 0 Å². The second-order valence-electron chi connectivity index (χ2n) is 4.96. The molecule has 2 aromatic rings. The van der Waals surface area contributed by atoms with E-state index >= 15 is 0 Å². The Hall–Kier alpha value is 0.190. The standard InChI is InChI=1S/C15H18BrNS3/c1-2-4-17-15(11-8-19-9-12(11)16)14-6-10-7-18-5-3-13(10)20-14/h6,8-9,15,17H,2-5,7H2,1H3. The summed E-state index contributed by atoms with van der Waals surface area (Å²) in [5.74, 6) is 2.47. The molecule has 1 aliphatic heterocycles. The van der Waals surface area contributed by atoms with E-state index in [4.69, 9.17) is 0 Å². The third kappa shape index (κ3) is 3.17. The number of halogens is 1. The smallest absolute Gasteiger partial charge is 0.0690 e. The lowest BCUT2D eigenvalue weighted by Gasteiger charge is -2.17. The summed E-state index contributed by atoms with van der Waals surface area (Å²) in [6, 6.07) is 2.78. The number of rotatable bonds is 5. The van der Waals surface area contributed by atoms with E-state index < -0.39 is 0 Å². The fourth-order valence-electron chi connectivity index (χ4n) is 2.46. The van der Waals surface area contributed by atoms with Gasteiger partial charge in [-0.15, -0.1) is 11.3 Å². The normalized spacial score (nSPS) is 16.1. The molecule has 20 heavy (non-hydrogen) atoms. The van der Waals surface area contributed by atoms with Crippen molar-refractivity contribution >= 4 is 50.4 Å². The Bertz CT molecular complexity index is 552. The van der Waals surface area contributed by atoms with Crippen LogP contribution in [-0.2, 0) is 12.2 Å². The molecule has 1 aliphatic rings. The quantitative estimate of drug-likeness (QED) is 0.731. The van der Waals surface area contributed by atoms with Gasteiger partial charge in [0.25, 0.3) is 0 Å². The lowest BCUT2D eigenvalue weighted by molar-refractivity contribution is 0.605. The maximum atomic E-state index is 3.72. The van der Waals surface area contributed by atoms with Gasteiger partial charge in [0.05, 0.1) is 6.04 Å². The average Bonchev–Trinajstić information content (AvgIpc) is 3.06. The molecule has 1 unspecified atom stereocenters. The van der Waals surface area contributed by atoms with Crippen molar-refractivity contribution in [3.63, 3.8) is 0 Å². The highest BCUT2D eigenvalue weighted by molar-refractivity contribution is 9.10. The summed E-state index contributed by atoms with van der Waals surface area (Å²) in [4.78, 5) is 3.08. The van der Waals surface area contributed by atoms with Crippen molar-refractivity contribution in [3.05, 3.63) is 42.2 Å². The molecule has 0 fully saturated rings. The van der Waals surface area contributed by atoms with Crippen LogP contribution in [0.15, 0.2) is 21.3 Å². The van der Waals surface area contributed by atoms with E-state index in [9.17, 15) is 0 Å². The second kappa shape index (κ2) is 6.97. The van der Waals surface area contributed by atoms with Gasteiger partial charge in [-0.1, -0.05) is 6.92 Å². The highest BCUT2D eigenvalue weighted by Gasteiger charge is 2.22. The van der Waals surface area contributed by atoms with Gasteiger partial charge in [-0.25, -0.2) is 0 Å². The largest absolute Gasteiger partial charge is 0.306 e. The molecule has 5 heteroatoms. The first kappa shape index (κ1) is 15.1. The molecule has 0 radical (unpaired) electrons. The van der Waals surface area contributed by atoms with Crippen molar-refractivity contribution in [2.45, 2.75) is 31.6 Å². The van der Waals surface area contributed by atoms with E-state index in [1.54, 1.807) is 21.8 Å². The SMILES string of the molecule is CCCNC(c1cc2c(s1)CCSC2)c1cscc1Br. The molecular weight excluding hydrogens is 370 g/mol. The molecule has 0 saturated heterocycles. The molecule has 0 aromatic carbocycles. The molecular formula is C15H18BrNS3. The van der Waals surface area contributed by atoms with Crippen LogP contribution in [0.25, 0.3) is 0 Å². The third-order valence-corrected chi connectivity index (χ3v) is 7.54. The monoisotopic (exact) mass is 387 g/mol. The van der Waals surface area contributed by atoms with Gasteiger partial charge < -0.3 is 5.32 Å². The number of hydrogen-bond donors (Lipinski definition) is 1. The maximum Gasteiger partial charge on any atom is 0.0690 e. The predicted molar refractivity (Wildman–Crippen MR) is 96.3 cm³/mol. The molecule has 0 saturated carbocycles. The summed E-state index contributed by atoms with van der Waals surface area (Å²) in [6.45, 7) is 3.28. The van der Waals surface area contributed by atoms with Gasteiger partial charge in [0.2, 0.25) is 0 Å². The number of hydrogen-bond acceptors (Lipinski definition) is 4. The lowest BCUT2D eigenvalue weighted by atomic mass is 10.1. The number of fused-ring (bicyclic) bond motifs is 1. The van der Waals surface area contributed by atoms with Crippen LogP contribution in [0.3, 0.4) is 0 Å². The first-order chi connectivity index (χ1) is 9.79. The van der Waals surface area contributed by atoms with Crippen LogP contribution in [0.1, 0.15) is 40.3 Å². The second-order valence-corrected chi connectivity index (χ2v) is 8.83. The topological polar surface area (TPSA) is 12.0 Å². The van der Waals surface area contributed by atoms with Crippen molar-refractivity contribution in [2.75, 3.05) is 12.3 Å². The van der Waals surface area contributed by atoms with E-state index in [1.165, 1.54) is 39.3 Å². The third-order valence-electron chi connectivity index (χ3n) is 3.48. The van der Waals surface area contributed by atoms with Crippen LogP contribution in [0, 0.1) is 0 Å². The zero-order chi connectivity index (χ0) is 13.9. The minimum absolute atomic E-state index is 0.344. The van der Waals surface area contributed by atoms with Gasteiger partial charge in [0.1, 0.15) is 0 Å². The molecule has 3 rings (SSSR count). The van der Waals surface area contributed by atoms with Crippen molar-refractivity contribution < 1.29 is 0 Å². The summed E-state index contributed by atoms with van der Waals surface area (Å²) < 4.78 is 1.23. The minimum atomic E-state index is 0.344. The van der Waals surface area contributed by atoms with Gasteiger partial charge in [0.15, 0.2) is 0 Å². The predicted octanol–water partition coefficient (Wildman–Crippen LogP) is 5.45. The van der Waals surface area contributed by atoms with E-state index in [1.807, 2.05) is 11.3 Å². The molecule has 0 bridgehead atoms. The Morgan fingerprint density at radius 2 is 2.30 bits per heavy atom. The van der Waals surface area contributed by atoms with Crippen molar-refractivity contribution in [1.82, 2.24) is 5.32 Å².